The third-order valence-electron chi connectivity index (χ3n) is 8.10. The van der Waals surface area contributed by atoms with Gasteiger partial charge in [0.1, 0.15) is 12.4 Å². The first-order valence-corrected chi connectivity index (χ1v) is 16.9. The first-order chi connectivity index (χ1) is 17.8. The Morgan fingerprint density at radius 1 is 0.472 bits per heavy atom. The third kappa shape index (κ3) is 18.5. The number of unbranched alkanes of at least 4 members (excludes halogenated alkanes) is 22. The molecule has 0 bridgehead atoms. The Morgan fingerprint density at radius 2 is 0.861 bits per heavy atom. The van der Waals surface area contributed by atoms with Crippen LogP contribution < -0.4 is 4.57 Å². The van der Waals surface area contributed by atoms with E-state index in [4.69, 9.17) is 0 Å². The second-order valence-corrected chi connectivity index (χ2v) is 11.6. The van der Waals surface area contributed by atoms with E-state index in [0.29, 0.717) is 0 Å². The predicted octanol–water partition coefficient (Wildman–Crippen LogP) is 11.1. The van der Waals surface area contributed by atoms with E-state index in [0.717, 1.165) is 0 Å². The summed E-state index contributed by atoms with van der Waals surface area (Å²) in [4.78, 5) is 0. The number of aromatic nitrogens is 2. The smallest absolute Gasteiger partial charge is 0.234 e. The molecule has 0 atom stereocenters. The quantitative estimate of drug-likeness (QED) is 0.0794. The van der Waals surface area contributed by atoms with Gasteiger partial charge in [-0.05, 0) is 32.1 Å². The second-order valence-electron chi connectivity index (χ2n) is 11.6. The topological polar surface area (TPSA) is 8.81 Å². The first-order valence-electron chi connectivity index (χ1n) is 16.9. The van der Waals surface area contributed by atoms with Crippen LogP contribution in [0, 0.1) is 0 Å². The van der Waals surface area contributed by atoms with Gasteiger partial charge in [-0.25, -0.2) is 9.13 Å². The van der Waals surface area contributed by atoms with Gasteiger partial charge in [-0.3, -0.25) is 0 Å². The normalized spacial score (nSPS) is 11.5. The molecule has 0 amide bonds. The van der Waals surface area contributed by atoms with E-state index in [1.54, 1.807) is 5.82 Å². The molecule has 1 rings (SSSR count). The molecule has 0 aliphatic carbocycles. The van der Waals surface area contributed by atoms with Gasteiger partial charge in [0.25, 0.3) is 5.82 Å². The molecule has 0 fully saturated rings. The van der Waals surface area contributed by atoms with Gasteiger partial charge >= 0.3 is 0 Å². The van der Waals surface area contributed by atoms with Gasteiger partial charge in [0.2, 0.25) is 0 Å². The van der Waals surface area contributed by atoms with Crippen LogP contribution in [0.2, 0.25) is 0 Å². The Bertz CT molecular complexity index is 562. The molecule has 0 N–H and O–H groups in total. The van der Waals surface area contributed by atoms with Crippen molar-refractivity contribution in [3.05, 3.63) is 18.2 Å². The Morgan fingerprint density at radius 3 is 1.33 bits per heavy atom. The fraction of sp³-hybridized carbons (Fsp3) is 0.912. The fourth-order valence-electron chi connectivity index (χ4n) is 5.62. The molecule has 2 heteroatoms. The van der Waals surface area contributed by atoms with Gasteiger partial charge < -0.3 is 0 Å². The van der Waals surface area contributed by atoms with Crippen molar-refractivity contribution in [3.63, 3.8) is 0 Å². The summed E-state index contributed by atoms with van der Waals surface area (Å²) in [7, 11) is 0. The summed E-state index contributed by atoms with van der Waals surface area (Å²) in [6, 6.07) is 0. The van der Waals surface area contributed by atoms with E-state index in [1.807, 2.05) is 0 Å². The number of rotatable bonds is 28. The summed E-state index contributed by atoms with van der Waals surface area (Å²) in [6.07, 6.45) is 41.4. The van der Waals surface area contributed by atoms with Crippen molar-refractivity contribution in [3.8, 4) is 0 Å². The van der Waals surface area contributed by atoms with Crippen molar-refractivity contribution in [2.24, 2.45) is 0 Å². The van der Waals surface area contributed by atoms with Crippen LogP contribution in [0.4, 0.5) is 0 Å². The van der Waals surface area contributed by atoms with Crippen molar-refractivity contribution >= 4 is 0 Å². The largest absolute Gasteiger partial charge is 0.256 e. The molecule has 1 aromatic rings. The zero-order chi connectivity index (χ0) is 25.9. The fourth-order valence-corrected chi connectivity index (χ4v) is 5.62. The monoisotopic (exact) mass is 504 g/mol. The van der Waals surface area contributed by atoms with Crippen LogP contribution >= 0.6 is 0 Å². The van der Waals surface area contributed by atoms with E-state index in [9.17, 15) is 0 Å². The molecule has 0 aliphatic rings. The van der Waals surface area contributed by atoms with Crippen molar-refractivity contribution < 1.29 is 4.57 Å². The van der Waals surface area contributed by atoms with Gasteiger partial charge in [0, 0.05) is 6.42 Å². The van der Waals surface area contributed by atoms with Crippen molar-refractivity contribution in [2.75, 3.05) is 0 Å². The highest BCUT2D eigenvalue weighted by Gasteiger charge is 2.16. The number of imidazole rings is 1. The van der Waals surface area contributed by atoms with Gasteiger partial charge in [-0.1, -0.05) is 149 Å². The lowest BCUT2D eigenvalue weighted by Crippen LogP contribution is -2.37. The predicted molar refractivity (Wildman–Crippen MR) is 161 cm³/mol. The third-order valence-corrected chi connectivity index (χ3v) is 8.10. The summed E-state index contributed by atoms with van der Waals surface area (Å²) in [5.74, 6) is 1.61. The van der Waals surface area contributed by atoms with E-state index in [2.05, 4.69) is 42.3 Å². The van der Waals surface area contributed by atoms with Crippen LogP contribution in [0.15, 0.2) is 12.4 Å². The minimum Gasteiger partial charge on any atom is -0.234 e. The number of nitrogens with zero attached hydrogens (tertiary/aromatic N) is 2. The molecule has 0 spiro atoms. The Kier molecular flexibility index (Phi) is 23.9. The maximum Gasteiger partial charge on any atom is 0.256 e. The molecule has 0 aliphatic heterocycles. The van der Waals surface area contributed by atoms with Gasteiger partial charge in [0.05, 0.1) is 13.1 Å². The second kappa shape index (κ2) is 25.8. The summed E-state index contributed by atoms with van der Waals surface area (Å²) < 4.78 is 5.24. The molecule has 1 heterocycles. The minimum atomic E-state index is 1.23. The summed E-state index contributed by atoms with van der Waals surface area (Å²) in [6.45, 7) is 9.39. The maximum absolute atomic E-state index is 2.62. The van der Waals surface area contributed by atoms with E-state index < -0.39 is 0 Å². The summed E-state index contributed by atoms with van der Waals surface area (Å²) >= 11 is 0. The summed E-state index contributed by atoms with van der Waals surface area (Å²) in [5, 5.41) is 0. The van der Waals surface area contributed by atoms with Crippen molar-refractivity contribution in [1.82, 2.24) is 4.57 Å². The van der Waals surface area contributed by atoms with E-state index in [1.165, 1.54) is 180 Å². The number of hydrogen-bond donors (Lipinski definition) is 0. The molecular formula is C34H67N2+. The molecule has 36 heavy (non-hydrogen) atoms. The molecule has 1 aromatic heterocycles. The van der Waals surface area contributed by atoms with Crippen LogP contribution in [-0.2, 0) is 19.5 Å². The van der Waals surface area contributed by atoms with Gasteiger partial charge in [-0.2, -0.15) is 0 Å². The number of aryl methyl sites for hydroxylation is 2. The first kappa shape index (κ1) is 33.2. The highest BCUT2D eigenvalue weighted by Crippen LogP contribution is 2.14. The summed E-state index contributed by atoms with van der Waals surface area (Å²) in [5.41, 5.74) is 0. The van der Waals surface area contributed by atoms with Crippen LogP contribution in [-0.4, -0.2) is 4.57 Å². The van der Waals surface area contributed by atoms with Gasteiger partial charge in [0.15, 0.2) is 0 Å². The maximum atomic E-state index is 2.62. The van der Waals surface area contributed by atoms with Crippen LogP contribution in [0.1, 0.15) is 187 Å². The number of hydrogen-bond acceptors (Lipinski definition) is 0. The lowest BCUT2D eigenvalue weighted by atomic mass is 10.1. The Hall–Kier alpha value is -0.790. The van der Waals surface area contributed by atoms with Crippen LogP contribution in [0.3, 0.4) is 0 Å². The molecule has 0 saturated heterocycles. The van der Waals surface area contributed by atoms with Crippen LogP contribution in [0.25, 0.3) is 0 Å². The zero-order valence-corrected chi connectivity index (χ0v) is 25.3. The standard InChI is InChI=1S/C34H67N2/c1-4-7-10-13-16-19-22-25-28-31-36-33-32-35(30-27-24-21-18-15-12-9-6-3)34(36)29-26-23-20-17-14-11-8-5-2/h32-33H,4-31H2,1-3H3/q+1. The highest BCUT2D eigenvalue weighted by atomic mass is 15.1. The molecule has 0 aromatic carbocycles. The van der Waals surface area contributed by atoms with E-state index in [-0.39, 0.29) is 0 Å². The van der Waals surface area contributed by atoms with Crippen LogP contribution in [0.5, 0.6) is 0 Å². The highest BCUT2D eigenvalue weighted by molar-refractivity contribution is 4.84. The molecular weight excluding hydrogens is 436 g/mol. The Labute approximate surface area is 228 Å². The van der Waals surface area contributed by atoms with Gasteiger partial charge in [-0.15, -0.1) is 0 Å². The van der Waals surface area contributed by atoms with Crippen molar-refractivity contribution in [2.45, 2.75) is 201 Å². The molecule has 2 nitrogen and oxygen atoms in total. The van der Waals surface area contributed by atoms with Crippen molar-refractivity contribution in [1.29, 1.82) is 0 Å². The minimum absolute atomic E-state index is 1.23. The Balaban J connectivity index is 2.36. The average Bonchev–Trinajstić information content (AvgIpc) is 3.27. The zero-order valence-electron chi connectivity index (χ0n) is 25.3. The molecule has 0 saturated carbocycles. The molecule has 212 valence electrons. The lowest BCUT2D eigenvalue weighted by Gasteiger charge is -2.07. The SMILES string of the molecule is CCCCCCCCCCCn1cc[n+](CCCCCCCCCC)c1CCCCCCCCCC. The average molecular weight is 504 g/mol. The molecule has 0 radical (unpaired) electrons. The molecule has 0 unspecified atom stereocenters. The lowest BCUT2D eigenvalue weighted by molar-refractivity contribution is -0.704. The van der Waals surface area contributed by atoms with E-state index >= 15 is 0 Å².